The zero-order chi connectivity index (χ0) is 20.5. The molecular weight excluding hydrogens is 362 g/mol. The van der Waals surface area contributed by atoms with Crippen LogP contribution >= 0.6 is 0 Å². The van der Waals surface area contributed by atoms with E-state index in [4.69, 9.17) is 9.47 Å². The van der Waals surface area contributed by atoms with Gasteiger partial charge < -0.3 is 9.47 Å². The minimum absolute atomic E-state index is 0.275. The molecule has 3 aromatic rings. The standard InChI is InChI=1S/C25H25NO3/c1-3-28-24-18-21(11-14-22-6-4-5-17-26-22)12-15-23(24)29-25(27)16-13-20-9-7-19(2)8-10-20/h4-12,14-15,17-18H,3,13,16H2,1-2H3/b14-11+. The summed E-state index contributed by atoms with van der Waals surface area (Å²) in [4.78, 5) is 16.6. The van der Waals surface area contributed by atoms with Crippen molar-refractivity contribution in [3.8, 4) is 11.5 Å². The van der Waals surface area contributed by atoms with Crippen LogP contribution in [0.2, 0.25) is 0 Å². The highest BCUT2D eigenvalue weighted by Crippen LogP contribution is 2.29. The Labute approximate surface area is 171 Å². The molecule has 0 spiro atoms. The second-order valence-corrected chi connectivity index (χ2v) is 6.69. The van der Waals surface area contributed by atoms with Crippen LogP contribution in [-0.2, 0) is 11.2 Å². The second kappa shape index (κ2) is 10.2. The van der Waals surface area contributed by atoms with Crippen molar-refractivity contribution < 1.29 is 14.3 Å². The summed E-state index contributed by atoms with van der Waals surface area (Å²) in [6.07, 6.45) is 6.60. The molecule has 0 saturated carbocycles. The molecule has 0 aliphatic heterocycles. The molecule has 0 radical (unpaired) electrons. The van der Waals surface area contributed by atoms with Gasteiger partial charge in [0.15, 0.2) is 11.5 Å². The summed E-state index contributed by atoms with van der Waals surface area (Å²) in [7, 11) is 0. The summed E-state index contributed by atoms with van der Waals surface area (Å²) in [6, 6.07) is 19.5. The topological polar surface area (TPSA) is 48.4 Å². The number of nitrogens with zero attached hydrogens (tertiary/aromatic N) is 1. The Morgan fingerprint density at radius 2 is 1.83 bits per heavy atom. The summed E-state index contributed by atoms with van der Waals surface area (Å²) < 4.78 is 11.2. The quantitative estimate of drug-likeness (QED) is 0.378. The first kappa shape index (κ1) is 20.3. The molecule has 3 rings (SSSR count). The van der Waals surface area contributed by atoms with Gasteiger partial charge in [-0.05, 0) is 61.7 Å². The fourth-order valence-corrected chi connectivity index (χ4v) is 2.81. The van der Waals surface area contributed by atoms with E-state index in [2.05, 4.69) is 4.98 Å². The van der Waals surface area contributed by atoms with Gasteiger partial charge in [-0.15, -0.1) is 0 Å². The van der Waals surface area contributed by atoms with E-state index in [9.17, 15) is 4.79 Å². The first-order valence-electron chi connectivity index (χ1n) is 9.76. The lowest BCUT2D eigenvalue weighted by atomic mass is 10.1. The molecule has 0 bridgehead atoms. The van der Waals surface area contributed by atoms with Crippen molar-refractivity contribution in [2.24, 2.45) is 0 Å². The highest BCUT2D eigenvalue weighted by molar-refractivity contribution is 5.75. The van der Waals surface area contributed by atoms with Gasteiger partial charge in [0.25, 0.3) is 0 Å². The summed E-state index contributed by atoms with van der Waals surface area (Å²) in [5, 5.41) is 0. The summed E-state index contributed by atoms with van der Waals surface area (Å²) in [5.41, 5.74) is 4.14. The van der Waals surface area contributed by atoms with Crippen molar-refractivity contribution in [3.63, 3.8) is 0 Å². The molecule has 0 amide bonds. The number of hydrogen-bond donors (Lipinski definition) is 0. The van der Waals surface area contributed by atoms with Gasteiger partial charge in [0, 0.05) is 12.6 Å². The molecule has 4 nitrogen and oxygen atoms in total. The van der Waals surface area contributed by atoms with Gasteiger partial charge in [-0.1, -0.05) is 48.0 Å². The van der Waals surface area contributed by atoms with Crippen molar-refractivity contribution in [1.82, 2.24) is 4.98 Å². The molecule has 0 atom stereocenters. The number of carbonyl (C=O) groups excluding carboxylic acids is 1. The molecule has 1 heterocycles. The SMILES string of the molecule is CCOc1cc(/C=C/c2ccccn2)ccc1OC(=O)CCc1ccc(C)cc1. The maximum absolute atomic E-state index is 12.3. The molecule has 0 N–H and O–H groups in total. The Bertz CT molecular complexity index is 963. The summed E-state index contributed by atoms with van der Waals surface area (Å²) >= 11 is 0. The molecule has 1 aromatic heterocycles. The van der Waals surface area contributed by atoms with E-state index in [0.717, 1.165) is 16.8 Å². The Morgan fingerprint density at radius 1 is 1.00 bits per heavy atom. The molecule has 29 heavy (non-hydrogen) atoms. The average molecular weight is 387 g/mol. The minimum Gasteiger partial charge on any atom is -0.490 e. The Kier molecular flexibility index (Phi) is 7.17. The third kappa shape index (κ3) is 6.32. The van der Waals surface area contributed by atoms with Crippen LogP contribution in [0.25, 0.3) is 12.2 Å². The monoisotopic (exact) mass is 387 g/mol. The number of aryl methyl sites for hydroxylation is 2. The lowest BCUT2D eigenvalue weighted by molar-refractivity contribution is -0.134. The van der Waals surface area contributed by atoms with Crippen molar-refractivity contribution in [2.75, 3.05) is 6.61 Å². The largest absolute Gasteiger partial charge is 0.490 e. The van der Waals surface area contributed by atoms with Crippen LogP contribution in [-0.4, -0.2) is 17.6 Å². The maximum atomic E-state index is 12.3. The molecule has 0 aliphatic carbocycles. The van der Waals surface area contributed by atoms with Crippen LogP contribution in [0.5, 0.6) is 11.5 Å². The van der Waals surface area contributed by atoms with Gasteiger partial charge in [-0.3, -0.25) is 9.78 Å². The number of carbonyl (C=O) groups is 1. The molecule has 148 valence electrons. The molecule has 0 saturated heterocycles. The highest BCUT2D eigenvalue weighted by atomic mass is 16.6. The average Bonchev–Trinajstić information content (AvgIpc) is 2.74. The van der Waals surface area contributed by atoms with Crippen LogP contribution in [0, 0.1) is 6.92 Å². The van der Waals surface area contributed by atoms with Gasteiger partial charge >= 0.3 is 5.97 Å². The molecular formula is C25H25NO3. The molecule has 0 unspecified atom stereocenters. The van der Waals surface area contributed by atoms with E-state index in [-0.39, 0.29) is 5.97 Å². The van der Waals surface area contributed by atoms with Gasteiger partial charge in [0.2, 0.25) is 0 Å². The molecule has 0 fully saturated rings. The van der Waals surface area contributed by atoms with Gasteiger partial charge in [-0.2, -0.15) is 0 Å². The van der Waals surface area contributed by atoms with E-state index in [1.165, 1.54) is 5.56 Å². The number of pyridine rings is 1. The van der Waals surface area contributed by atoms with E-state index < -0.39 is 0 Å². The summed E-state index contributed by atoms with van der Waals surface area (Å²) in [5.74, 6) is 0.721. The van der Waals surface area contributed by atoms with Crippen LogP contribution in [0.3, 0.4) is 0 Å². The minimum atomic E-state index is -0.275. The summed E-state index contributed by atoms with van der Waals surface area (Å²) in [6.45, 7) is 4.43. The van der Waals surface area contributed by atoms with Gasteiger partial charge in [-0.25, -0.2) is 0 Å². The number of aromatic nitrogens is 1. The van der Waals surface area contributed by atoms with Crippen LogP contribution in [0.1, 0.15) is 35.7 Å². The third-order valence-corrected chi connectivity index (χ3v) is 4.36. The zero-order valence-electron chi connectivity index (χ0n) is 16.8. The van der Waals surface area contributed by atoms with E-state index >= 15 is 0 Å². The second-order valence-electron chi connectivity index (χ2n) is 6.69. The first-order valence-corrected chi connectivity index (χ1v) is 9.76. The molecule has 2 aromatic carbocycles. The van der Waals surface area contributed by atoms with Crippen LogP contribution in [0.4, 0.5) is 0 Å². The highest BCUT2D eigenvalue weighted by Gasteiger charge is 2.11. The van der Waals surface area contributed by atoms with E-state index in [0.29, 0.717) is 30.9 Å². The smallest absolute Gasteiger partial charge is 0.311 e. The van der Waals surface area contributed by atoms with Crippen molar-refractivity contribution >= 4 is 18.1 Å². The Hall–Kier alpha value is -3.40. The van der Waals surface area contributed by atoms with E-state index in [1.807, 2.05) is 80.6 Å². The number of hydrogen-bond acceptors (Lipinski definition) is 4. The van der Waals surface area contributed by atoms with Crippen LogP contribution < -0.4 is 9.47 Å². The maximum Gasteiger partial charge on any atom is 0.311 e. The number of esters is 1. The first-order chi connectivity index (χ1) is 14.1. The predicted molar refractivity (Wildman–Crippen MR) is 116 cm³/mol. The van der Waals surface area contributed by atoms with E-state index in [1.54, 1.807) is 12.3 Å². The van der Waals surface area contributed by atoms with Crippen molar-refractivity contribution in [1.29, 1.82) is 0 Å². The number of benzene rings is 2. The molecule has 4 heteroatoms. The Morgan fingerprint density at radius 3 is 2.55 bits per heavy atom. The lowest BCUT2D eigenvalue weighted by Crippen LogP contribution is -2.10. The normalized spacial score (nSPS) is 10.8. The number of rotatable bonds is 8. The molecule has 0 aliphatic rings. The van der Waals surface area contributed by atoms with Crippen LogP contribution in [0.15, 0.2) is 66.9 Å². The fourth-order valence-electron chi connectivity index (χ4n) is 2.81. The van der Waals surface area contributed by atoms with Crippen molar-refractivity contribution in [2.45, 2.75) is 26.7 Å². The predicted octanol–water partition coefficient (Wildman–Crippen LogP) is 5.50. The zero-order valence-corrected chi connectivity index (χ0v) is 16.8. The van der Waals surface area contributed by atoms with Gasteiger partial charge in [0.05, 0.1) is 12.3 Å². The lowest BCUT2D eigenvalue weighted by Gasteiger charge is -2.11. The van der Waals surface area contributed by atoms with Crippen molar-refractivity contribution in [3.05, 3.63) is 89.2 Å². The third-order valence-electron chi connectivity index (χ3n) is 4.36. The Balaban J connectivity index is 1.65. The van der Waals surface area contributed by atoms with Gasteiger partial charge in [0.1, 0.15) is 0 Å². The number of ether oxygens (including phenoxy) is 2. The fraction of sp³-hybridized carbons (Fsp3) is 0.200.